The Kier molecular flexibility index (Phi) is 6.47. The lowest BCUT2D eigenvalue weighted by atomic mass is 10.1. The first kappa shape index (κ1) is 20.9. The number of sulfonamides is 1. The number of carbonyl (C=O) groups is 1. The number of aryl methyl sites for hydroxylation is 2. The minimum atomic E-state index is -3.80. The molecule has 0 aromatic heterocycles. The van der Waals surface area contributed by atoms with Crippen LogP contribution in [-0.2, 0) is 21.2 Å². The van der Waals surface area contributed by atoms with Gasteiger partial charge in [-0.1, -0.05) is 30.3 Å². The van der Waals surface area contributed by atoms with Crippen molar-refractivity contribution >= 4 is 33.4 Å². The summed E-state index contributed by atoms with van der Waals surface area (Å²) < 4.78 is 28.8. The zero-order valence-corrected chi connectivity index (χ0v) is 18.1. The smallest absolute Gasteiger partial charge is 0.245 e. The minimum Gasteiger partial charge on any atom is -0.310 e. The average molecular weight is 419 g/mol. The van der Waals surface area contributed by atoms with Crippen molar-refractivity contribution in [3.8, 4) is 0 Å². The number of nitrogens with zero attached hydrogens (tertiary/aromatic N) is 1. The van der Waals surface area contributed by atoms with Gasteiger partial charge in [-0.05, 0) is 67.5 Å². The summed E-state index contributed by atoms with van der Waals surface area (Å²) in [5.74, 6) is 0.509. The van der Waals surface area contributed by atoms with Crippen LogP contribution in [-0.4, -0.2) is 38.9 Å². The molecule has 0 saturated heterocycles. The molecule has 7 heteroatoms. The number of hydrogen-bond acceptors (Lipinski definition) is 4. The van der Waals surface area contributed by atoms with Crippen molar-refractivity contribution in [2.45, 2.75) is 37.6 Å². The highest BCUT2D eigenvalue weighted by Crippen LogP contribution is 2.28. The van der Waals surface area contributed by atoms with E-state index in [1.54, 1.807) is 35.7 Å². The molecule has 5 nitrogen and oxygen atoms in total. The van der Waals surface area contributed by atoms with E-state index in [1.165, 1.54) is 0 Å². The van der Waals surface area contributed by atoms with E-state index >= 15 is 0 Å². The number of fused-ring (bicyclic) bond motifs is 1. The number of carbonyl (C=O) groups excluding carboxylic acids is 1. The predicted molar refractivity (Wildman–Crippen MR) is 116 cm³/mol. The van der Waals surface area contributed by atoms with E-state index in [4.69, 9.17) is 0 Å². The maximum atomic E-state index is 13.3. The Hall–Kier alpha value is -1.83. The summed E-state index contributed by atoms with van der Waals surface area (Å²) in [7, 11) is -3.80. The Balaban J connectivity index is 1.88. The fraction of sp³-hybridized carbons (Fsp3) is 0.381. The molecule has 0 radical (unpaired) electrons. The van der Waals surface area contributed by atoms with E-state index < -0.39 is 16.1 Å². The lowest BCUT2D eigenvalue weighted by Crippen LogP contribution is -2.48. The third-order valence-corrected chi connectivity index (χ3v) is 7.25. The Morgan fingerprint density at radius 1 is 1.21 bits per heavy atom. The molecule has 1 aliphatic heterocycles. The van der Waals surface area contributed by atoms with Crippen LogP contribution < -0.4 is 9.62 Å². The first-order valence-corrected chi connectivity index (χ1v) is 12.2. The second-order valence-corrected chi connectivity index (χ2v) is 9.76. The fourth-order valence-corrected chi connectivity index (χ4v) is 5.50. The van der Waals surface area contributed by atoms with Crippen LogP contribution >= 0.6 is 11.8 Å². The van der Waals surface area contributed by atoms with E-state index in [-0.39, 0.29) is 10.8 Å². The largest absolute Gasteiger partial charge is 0.310 e. The van der Waals surface area contributed by atoms with Gasteiger partial charge >= 0.3 is 0 Å². The normalized spacial score (nSPS) is 14.8. The van der Waals surface area contributed by atoms with Crippen molar-refractivity contribution in [1.29, 1.82) is 0 Å². The Bertz CT molecular complexity index is 973. The van der Waals surface area contributed by atoms with Crippen molar-refractivity contribution in [2.75, 3.05) is 23.5 Å². The Morgan fingerprint density at radius 3 is 2.71 bits per heavy atom. The summed E-state index contributed by atoms with van der Waals surface area (Å²) in [6.45, 7) is 4.21. The Labute approximate surface area is 171 Å². The first-order valence-electron chi connectivity index (χ1n) is 9.31. The van der Waals surface area contributed by atoms with Gasteiger partial charge in [0.2, 0.25) is 15.9 Å². The lowest BCUT2D eigenvalue weighted by molar-refractivity contribution is -0.120. The number of amides is 1. The van der Waals surface area contributed by atoms with E-state index in [0.717, 1.165) is 23.2 Å². The van der Waals surface area contributed by atoms with Crippen molar-refractivity contribution in [3.63, 3.8) is 0 Å². The lowest BCUT2D eigenvalue weighted by Gasteiger charge is -2.25. The molecule has 2 aromatic carbocycles. The third-order valence-electron chi connectivity index (χ3n) is 4.99. The van der Waals surface area contributed by atoms with Crippen molar-refractivity contribution in [1.82, 2.24) is 4.72 Å². The number of anilines is 1. The van der Waals surface area contributed by atoms with Gasteiger partial charge in [0.05, 0.1) is 4.90 Å². The van der Waals surface area contributed by atoms with Crippen LogP contribution in [0, 0.1) is 13.8 Å². The number of thioether (sulfide) groups is 1. The predicted octanol–water partition coefficient (Wildman–Crippen LogP) is 3.29. The van der Waals surface area contributed by atoms with Crippen molar-refractivity contribution < 1.29 is 13.2 Å². The molecule has 28 heavy (non-hydrogen) atoms. The minimum absolute atomic E-state index is 0.187. The summed E-state index contributed by atoms with van der Waals surface area (Å²) in [5, 5.41) is 0. The van der Waals surface area contributed by atoms with E-state index in [0.29, 0.717) is 24.3 Å². The second-order valence-electron chi connectivity index (χ2n) is 7.09. The van der Waals surface area contributed by atoms with E-state index in [1.807, 2.05) is 43.5 Å². The van der Waals surface area contributed by atoms with Crippen LogP contribution in [0.25, 0.3) is 0 Å². The molecule has 150 valence electrons. The standard InChI is InChI=1S/C21H26N2O3S2/c1-15-8-9-16(2)20(14-15)28(25,26)22-18(11-13-27-3)21(24)23-12-10-17-6-4-5-7-19(17)23/h4-9,14,18,22H,10-13H2,1-3H3. The molecule has 1 atom stereocenters. The monoisotopic (exact) mass is 418 g/mol. The molecule has 1 aliphatic rings. The van der Waals surface area contributed by atoms with Gasteiger partial charge in [-0.15, -0.1) is 0 Å². The van der Waals surface area contributed by atoms with Crippen LogP contribution in [0.4, 0.5) is 5.69 Å². The first-order chi connectivity index (χ1) is 13.3. The summed E-state index contributed by atoms with van der Waals surface area (Å²) in [6, 6.07) is 12.3. The maximum Gasteiger partial charge on any atom is 0.245 e. The summed E-state index contributed by atoms with van der Waals surface area (Å²) in [5.41, 5.74) is 3.54. The zero-order chi connectivity index (χ0) is 20.3. The van der Waals surface area contributed by atoms with Gasteiger partial charge in [0.15, 0.2) is 0 Å². The molecule has 0 spiro atoms. The molecule has 1 amide bonds. The van der Waals surface area contributed by atoms with Crippen LogP contribution in [0.15, 0.2) is 47.4 Å². The van der Waals surface area contributed by atoms with Gasteiger partial charge in [0, 0.05) is 12.2 Å². The molecule has 1 heterocycles. The summed E-state index contributed by atoms with van der Waals surface area (Å²) in [6.07, 6.45) is 3.19. The topological polar surface area (TPSA) is 66.5 Å². The molecule has 0 aliphatic carbocycles. The number of benzene rings is 2. The van der Waals surface area contributed by atoms with Crippen molar-refractivity contribution in [2.24, 2.45) is 0 Å². The maximum absolute atomic E-state index is 13.3. The van der Waals surface area contributed by atoms with Gasteiger partial charge in [0.1, 0.15) is 6.04 Å². The molecule has 0 bridgehead atoms. The fourth-order valence-electron chi connectivity index (χ4n) is 3.47. The van der Waals surface area contributed by atoms with Crippen molar-refractivity contribution in [3.05, 3.63) is 59.2 Å². The Morgan fingerprint density at radius 2 is 1.96 bits per heavy atom. The molecule has 1 unspecified atom stereocenters. The molecule has 0 saturated carbocycles. The average Bonchev–Trinajstić information content (AvgIpc) is 3.10. The van der Waals surface area contributed by atoms with Gasteiger partial charge in [-0.25, -0.2) is 8.42 Å². The van der Waals surface area contributed by atoms with Gasteiger partial charge in [-0.3, -0.25) is 4.79 Å². The van der Waals surface area contributed by atoms with Crippen LogP contribution in [0.5, 0.6) is 0 Å². The molecular formula is C21H26N2O3S2. The second kappa shape index (κ2) is 8.68. The molecule has 1 N–H and O–H groups in total. The highest BCUT2D eigenvalue weighted by Gasteiger charge is 2.33. The highest BCUT2D eigenvalue weighted by atomic mass is 32.2. The third kappa shape index (κ3) is 4.42. The SMILES string of the molecule is CSCCC(NS(=O)(=O)c1cc(C)ccc1C)C(=O)N1CCc2ccccc21. The van der Waals surface area contributed by atoms with E-state index in [9.17, 15) is 13.2 Å². The highest BCUT2D eigenvalue weighted by molar-refractivity contribution is 7.98. The number of nitrogens with one attached hydrogen (secondary N) is 1. The van der Waals surface area contributed by atoms with Gasteiger partial charge in [0.25, 0.3) is 0 Å². The molecular weight excluding hydrogens is 392 g/mol. The quantitative estimate of drug-likeness (QED) is 0.749. The zero-order valence-electron chi connectivity index (χ0n) is 16.4. The number of rotatable bonds is 7. The molecule has 2 aromatic rings. The van der Waals surface area contributed by atoms with Crippen LogP contribution in [0.3, 0.4) is 0 Å². The van der Waals surface area contributed by atoms with E-state index in [2.05, 4.69) is 4.72 Å². The number of hydrogen-bond donors (Lipinski definition) is 1. The summed E-state index contributed by atoms with van der Waals surface area (Å²) >= 11 is 1.60. The van der Waals surface area contributed by atoms with Gasteiger partial charge < -0.3 is 4.90 Å². The molecule has 3 rings (SSSR count). The van der Waals surface area contributed by atoms with Crippen LogP contribution in [0.2, 0.25) is 0 Å². The van der Waals surface area contributed by atoms with Gasteiger partial charge in [-0.2, -0.15) is 16.5 Å². The number of para-hydroxylation sites is 1. The molecule has 0 fully saturated rings. The summed E-state index contributed by atoms with van der Waals surface area (Å²) in [4.78, 5) is 15.2. The van der Waals surface area contributed by atoms with Crippen LogP contribution in [0.1, 0.15) is 23.1 Å².